The van der Waals surface area contributed by atoms with Crippen molar-refractivity contribution in [3.8, 4) is 11.5 Å². The van der Waals surface area contributed by atoms with Crippen molar-refractivity contribution in [2.75, 3.05) is 13.2 Å². The number of rotatable bonds is 3. The molecule has 0 amide bonds. The van der Waals surface area contributed by atoms with Gasteiger partial charge in [-0.3, -0.25) is 0 Å². The number of aliphatic hydroxyl groups excluding tert-OH is 1. The standard InChI is InChI=1S/C15H21NO3/c17-12-7-5-11(6-8-12)16-9-13-10-18-14-3-1-2-4-15(14)19-13/h1-4,11-13,16-17H,5-10H2. The van der Waals surface area contributed by atoms with Gasteiger partial charge in [-0.1, -0.05) is 12.1 Å². The molecule has 0 aromatic heterocycles. The normalized spacial score (nSPS) is 30.1. The summed E-state index contributed by atoms with van der Waals surface area (Å²) in [7, 11) is 0. The Morgan fingerprint density at radius 2 is 1.84 bits per heavy atom. The summed E-state index contributed by atoms with van der Waals surface area (Å²) in [5.74, 6) is 1.67. The van der Waals surface area contributed by atoms with E-state index in [-0.39, 0.29) is 12.2 Å². The number of aliphatic hydroxyl groups is 1. The Labute approximate surface area is 113 Å². The quantitative estimate of drug-likeness (QED) is 0.872. The molecule has 0 radical (unpaired) electrons. The molecule has 0 bridgehead atoms. The molecule has 0 spiro atoms. The van der Waals surface area contributed by atoms with Gasteiger partial charge in [0.2, 0.25) is 0 Å². The van der Waals surface area contributed by atoms with Crippen LogP contribution < -0.4 is 14.8 Å². The number of hydrogen-bond donors (Lipinski definition) is 2. The minimum absolute atomic E-state index is 0.0711. The van der Waals surface area contributed by atoms with Crippen molar-refractivity contribution in [2.24, 2.45) is 0 Å². The van der Waals surface area contributed by atoms with Gasteiger partial charge in [0.25, 0.3) is 0 Å². The van der Waals surface area contributed by atoms with Crippen LogP contribution in [0.1, 0.15) is 25.7 Å². The fraction of sp³-hybridized carbons (Fsp3) is 0.600. The summed E-state index contributed by atoms with van der Waals surface area (Å²) in [4.78, 5) is 0. The lowest BCUT2D eigenvalue weighted by molar-refractivity contribution is 0.0800. The van der Waals surface area contributed by atoms with Crippen molar-refractivity contribution in [1.29, 1.82) is 0 Å². The van der Waals surface area contributed by atoms with E-state index in [4.69, 9.17) is 9.47 Å². The summed E-state index contributed by atoms with van der Waals surface area (Å²) in [6, 6.07) is 8.29. The van der Waals surface area contributed by atoms with Crippen LogP contribution in [0.5, 0.6) is 11.5 Å². The molecule has 2 aliphatic rings. The zero-order chi connectivity index (χ0) is 13.1. The van der Waals surface area contributed by atoms with Gasteiger partial charge in [-0.2, -0.15) is 0 Å². The van der Waals surface area contributed by atoms with E-state index in [1.807, 2.05) is 24.3 Å². The van der Waals surface area contributed by atoms with Crippen molar-refractivity contribution >= 4 is 0 Å². The third kappa shape index (κ3) is 3.19. The first-order chi connectivity index (χ1) is 9.31. The first-order valence-electron chi connectivity index (χ1n) is 7.11. The minimum atomic E-state index is -0.0980. The lowest BCUT2D eigenvalue weighted by Crippen LogP contribution is -2.43. The van der Waals surface area contributed by atoms with Gasteiger partial charge in [-0.05, 0) is 37.8 Å². The fourth-order valence-electron chi connectivity index (χ4n) is 2.74. The monoisotopic (exact) mass is 263 g/mol. The molecule has 1 saturated carbocycles. The van der Waals surface area contributed by atoms with E-state index >= 15 is 0 Å². The molecule has 4 heteroatoms. The van der Waals surface area contributed by atoms with Crippen LogP contribution in [0.25, 0.3) is 0 Å². The second-order valence-corrected chi connectivity index (χ2v) is 5.41. The van der Waals surface area contributed by atoms with Crippen LogP contribution in [-0.4, -0.2) is 36.5 Å². The second-order valence-electron chi connectivity index (χ2n) is 5.41. The molecule has 2 N–H and O–H groups in total. The molecule has 1 aromatic carbocycles. The van der Waals surface area contributed by atoms with E-state index < -0.39 is 0 Å². The molecule has 4 nitrogen and oxygen atoms in total. The van der Waals surface area contributed by atoms with Crippen LogP contribution >= 0.6 is 0 Å². The summed E-state index contributed by atoms with van der Waals surface area (Å²) in [6.07, 6.45) is 3.88. The summed E-state index contributed by atoms with van der Waals surface area (Å²) in [5.41, 5.74) is 0. The van der Waals surface area contributed by atoms with E-state index in [0.29, 0.717) is 12.6 Å². The first-order valence-corrected chi connectivity index (χ1v) is 7.11. The highest BCUT2D eigenvalue weighted by Crippen LogP contribution is 2.30. The molecule has 104 valence electrons. The van der Waals surface area contributed by atoms with Gasteiger partial charge in [0.1, 0.15) is 12.7 Å². The number of para-hydroxylation sites is 2. The minimum Gasteiger partial charge on any atom is -0.486 e. The maximum absolute atomic E-state index is 9.48. The molecule has 1 heterocycles. The average molecular weight is 263 g/mol. The molecule has 1 fully saturated rings. The van der Waals surface area contributed by atoms with Crippen LogP contribution in [0.15, 0.2) is 24.3 Å². The van der Waals surface area contributed by atoms with E-state index in [0.717, 1.165) is 43.7 Å². The highest BCUT2D eigenvalue weighted by molar-refractivity contribution is 5.40. The highest BCUT2D eigenvalue weighted by atomic mass is 16.6. The molecule has 1 aliphatic heterocycles. The molecule has 1 aliphatic carbocycles. The Morgan fingerprint density at radius 1 is 1.11 bits per heavy atom. The van der Waals surface area contributed by atoms with E-state index in [9.17, 15) is 5.11 Å². The lowest BCUT2D eigenvalue weighted by atomic mass is 9.93. The molecule has 1 unspecified atom stereocenters. The Bertz CT molecular complexity index is 416. The third-order valence-electron chi connectivity index (χ3n) is 3.90. The summed E-state index contributed by atoms with van der Waals surface area (Å²) in [6.45, 7) is 1.40. The van der Waals surface area contributed by atoms with Gasteiger partial charge in [-0.25, -0.2) is 0 Å². The van der Waals surface area contributed by atoms with E-state index in [1.165, 1.54) is 0 Å². The van der Waals surface area contributed by atoms with Crippen molar-refractivity contribution < 1.29 is 14.6 Å². The Hall–Kier alpha value is -1.26. The van der Waals surface area contributed by atoms with Crippen LogP contribution in [0, 0.1) is 0 Å². The number of nitrogens with one attached hydrogen (secondary N) is 1. The summed E-state index contributed by atoms with van der Waals surface area (Å²) >= 11 is 0. The van der Waals surface area contributed by atoms with Crippen molar-refractivity contribution in [1.82, 2.24) is 5.32 Å². The number of fused-ring (bicyclic) bond motifs is 1. The second kappa shape index (κ2) is 5.80. The van der Waals surface area contributed by atoms with Gasteiger partial charge in [0.05, 0.1) is 6.10 Å². The maximum atomic E-state index is 9.48. The van der Waals surface area contributed by atoms with Crippen LogP contribution in [0.4, 0.5) is 0 Å². The molecule has 19 heavy (non-hydrogen) atoms. The number of benzene rings is 1. The zero-order valence-electron chi connectivity index (χ0n) is 11.0. The maximum Gasteiger partial charge on any atom is 0.161 e. The third-order valence-corrected chi connectivity index (χ3v) is 3.90. The molecular formula is C15H21NO3. The SMILES string of the molecule is OC1CCC(NCC2COc3ccccc3O2)CC1. The molecular weight excluding hydrogens is 242 g/mol. The molecule has 3 rings (SSSR count). The van der Waals surface area contributed by atoms with Crippen LogP contribution in [-0.2, 0) is 0 Å². The predicted octanol–water partition coefficient (Wildman–Crippen LogP) is 1.72. The highest BCUT2D eigenvalue weighted by Gasteiger charge is 2.23. The van der Waals surface area contributed by atoms with Crippen LogP contribution in [0.2, 0.25) is 0 Å². The largest absolute Gasteiger partial charge is 0.486 e. The predicted molar refractivity (Wildman–Crippen MR) is 72.6 cm³/mol. The Kier molecular flexibility index (Phi) is 3.89. The first kappa shape index (κ1) is 12.8. The van der Waals surface area contributed by atoms with Crippen molar-refractivity contribution in [2.45, 2.75) is 43.9 Å². The Balaban J connectivity index is 1.47. The van der Waals surface area contributed by atoms with Crippen molar-refractivity contribution in [3.63, 3.8) is 0 Å². The Morgan fingerprint density at radius 3 is 2.63 bits per heavy atom. The fourth-order valence-corrected chi connectivity index (χ4v) is 2.74. The van der Waals surface area contributed by atoms with Gasteiger partial charge in [0.15, 0.2) is 11.5 Å². The molecule has 1 atom stereocenters. The van der Waals surface area contributed by atoms with Gasteiger partial charge in [0, 0.05) is 12.6 Å². The molecule has 1 aromatic rings. The lowest BCUT2D eigenvalue weighted by Gasteiger charge is -2.30. The number of ether oxygens (including phenoxy) is 2. The van der Waals surface area contributed by atoms with E-state index in [2.05, 4.69) is 5.32 Å². The smallest absolute Gasteiger partial charge is 0.161 e. The average Bonchev–Trinajstić information content (AvgIpc) is 2.46. The summed E-state index contributed by atoms with van der Waals surface area (Å²) < 4.78 is 11.6. The van der Waals surface area contributed by atoms with Gasteiger partial charge < -0.3 is 19.9 Å². The van der Waals surface area contributed by atoms with Crippen LogP contribution in [0.3, 0.4) is 0 Å². The van der Waals surface area contributed by atoms with Gasteiger partial charge >= 0.3 is 0 Å². The summed E-state index contributed by atoms with van der Waals surface area (Å²) in [5, 5.41) is 13.0. The zero-order valence-corrected chi connectivity index (χ0v) is 11.0. The molecule has 0 saturated heterocycles. The number of hydrogen-bond acceptors (Lipinski definition) is 4. The van der Waals surface area contributed by atoms with E-state index in [1.54, 1.807) is 0 Å². The van der Waals surface area contributed by atoms with Crippen molar-refractivity contribution in [3.05, 3.63) is 24.3 Å². The topological polar surface area (TPSA) is 50.7 Å². The van der Waals surface area contributed by atoms with Gasteiger partial charge in [-0.15, -0.1) is 0 Å².